The number of nitrogens with one attached hydrogen (secondary N) is 2. The Morgan fingerprint density at radius 2 is 1.83 bits per heavy atom. The molecule has 2 N–H and O–H groups in total. The number of carbonyl (C=O) groups excluding carboxylic acids is 2. The number of aryl methyl sites for hydroxylation is 1. The van der Waals surface area contributed by atoms with Gasteiger partial charge in [-0.3, -0.25) is 20.4 Å². The summed E-state index contributed by atoms with van der Waals surface area (Å²) in [6, 6.07) is 13.6. The molecule has 1 aliphatic carbocycles. The first-order valence-electron chi connectivity index (χ1n) is 9.53. The van der Waals surface area contributed by atoms with Gasteiger partial charge >= 0.3 is 0 Å². The molecule has 0 saturated heterocycles. The molecular weight excluding hydrogens is 371 g/mol. The fraction of sp³-hybridized carbons (Fsp3) is 0.227. The summed E-state index contributed by atoms with van der Waals surface area (Å²) in [5.74, 6) is -1.19. The van der Waals surface area contributed by atoms with E-state index in [9.17, 15) is 14.0 Å². The molecule has 148 valence electrons. The van der Waals surface area contributed by atoms with Crippen molar-refractivity contribution in [2.24, 2.45) is 0 Å². The first-order chi connectivity index (χ1) is 14.0. The number of hydrogen-bond donors (Lipinski definition) is 2. The Balaban J connectivity index is 1.48. The molecule has 2 amide bonds. The van der Waals surface area contributed by atoms with Crippen molar-refractivity contribution in [3.05, 3.63) is 82.4 Å². The predicted octanol–water partition coefficient (Wildman–Crippen LogP) is 2.81. The van der Waals surface area contributed by atoms with E-state index in [1.165, 1.54) is 24.3 Å². The molecule has 0 aliphatic heterocycles. The van der Waals surface area contributed by atoms with Crippen LogP contribution < -0.4 is 10.9 Å². The van der Waals surface area contributed by atoms with Crippen LogP contribution in [0.4, 0.5) is 4.39 Å². The fourth-order valence-corrected chi connectivity index (χ4v) is 3.64. The van der Waals surface area contributed by atoms with Crippen molar-refractivity contribution >= 4 is 11.8 Å². The van der Waals surface area contributed by atoms with Gasteiger partial charge in [0, 0.05) is 11.3 Å². The smallest absolute Gasteiger partial charge is 0.273 e. The molecule has 4 rings (SSSR count). The van der Waals surface area contributed by atoms with E-state index >= 15 is 0 Å². The highest BCUT2D eigenvalue weighted by Crippen LogP contribution is 2.28. The highest BCUT2D eigenvalue weighted by molar-refractivity contribution is 5.95. The van der Waals surface area contributed by atoms with Gasteiger partial charge in [0.25, 0.3) is 5.91 Å². The van der Waals surface area contributed by atoms with E-state index in [1.807, 2.05) is 35.9 Å². The van der Waals surface area contributed by atoms with Gasteiger partial charge in [-0.1, -0.05) is 30.3 Å². The zero-order chi connectivity index (χ0) is 20.4. The second kappa shape index (κ2) is 7.87. The number of amides is 2. The van der Waals surface area contributed by atoms with Gasteiger partial charge in [-0.15, -0.1) is 0 Å². The number of rotatable bonds is 4. The second-order valence-electron chi connectivity index (χ2n) is 7.13. The van der Waals surface area contributed by atoms with Crippen LogP contribution in [-0.4, -0.2) is 21.6 Å². The molecule has 3 aromatic rings. The van der Waals surface area contributed by atoms with E-state index < -0.39 is 5.91 Å². The number of para-hydroxylation sites is 1. The van der Waals surface area contributed by atoms with Crippen LogP contribution >= 0.6 is 0 Å². The topological polar surface area (TPSA) is 76.0 Å². The van der Waals surface area contributed by atoms with E-state index in [2.05, 4.69) is 16.0 Å². The summed E-state index contributed by atoms with van der Waals surface area (Å²) in [6.07, 6.45) is 2.65. The van der Waals surface area contributed by atoms with Gasteiger partial charge in [0.2, 0.25) is 5.91 Å². The lowest BCUT2D eigenvalue weighted by molar-refractivity contribution is -0.121. The van der Waals surface area contributed by atoms with Crippen molar-refractivity contribution in [2.45, 2.75) is 32.6 Å². The van der Waals surface area contributed by atoms with Crippen LogP contribution in [0.3, 0.4) is 0 Å². The minimum absolute atomic E-state index is 0.0380. The van der Waals surface area contributed by atoms with Gasteiger partial charge in [-0.05, 0) is 55.5 Å². The minimum atomic E-state index is -0.442. The minimum Gasteiger partial charge on any atom is -0.273 e. The molecule has 7 heteroatoms. The van der Waals surface area contributed by atoms with Crippen molar-refractivity contribution in [3.63, 3.8) is 0 Å². The van der Waals surface area contributed by atoms with Crippen LogP contribution in [0.25, 0.3) is 5.69 Å². The highest BCUT2D eigenvalue weighted by atomic mass is 19.1. The molecule has 0 bridgehead atoms. The van der Waals surface area contributed by atoms with Crippen LogP contribution in [0.1, 0.15) is 39.3 Å². The van der Waals surface area contributed by atoms with Crippen LogP contribution in [0.5, 0.6) is 0 Å². The van der Waals surface area contributed by atoms with Crippen molar-refractivity contribution in [1.82, 2.24) is 20.6 Å². The summed E-state index contributed by atoms with van der Waals surface area (Å²) in [6.45, 7) is 2.01. The summed E-state index contributed by atoms with van der Waals surface area (Å²) in [4.78, 5) is 24.8. The summed E-state index contributed by atoms with van der Waals surface area (Å²) in [5.41, 5.74) is 9.85. The largest absolute Gasteiger partial charge is 0.290 e. The Labute approximate surface area is 167 Å². The quantitative estimate of drug-likeness (QED) is 0.671. The van der Waals surface area contributed by atoms with Crippen molar-refractivity contribution < 1.29 is 14.0 Å². The van der Waals surface area contributed by atoms with E-state index in [0.29, 0.717) is 11.3 Å². The van der Waals surface area contributed by atoms with Gasteiger partial charge in [0.05, 0.1) is 12.1 Å². The van der Waals surface area contributed by atoms with Crippen LogP contribution in [-0.2, 0) is 24.1 Å². The van der Waals surface area contributed by atoms with E-state index in [1.54, 1.807) is 0 Å². The van der Waals surface area contributed by atoms with Gasteiger partial charge in [-0.2, -0.15) is 5.10 Å². The predicted molar refractivity (Wildman–Crippen MR) is 106 cm³/mol. The molecule has 1 aliphatic rings. The summed E-state index contributed by atoms with van der Waals surface area (Å²) in [5, 5.41) is 4.55. The van der Waals surface area contributed by atoms with E-state index in [0.717, 1.165) is 41.8 Å². The Kier molecular flexibility index (Phi) is 5.12. The first-order valence-corrected chi connectivity index (χ1v) is 9.53. The molecule has 29 heavy (non-hydrogen) atoms. The number of halogens is 1. The number of carbonyl (C=O) groups is 2. The van der Waals surface area contributed by atoms with Crippen LogP contribution in [0, 0.1) is 12.7 Å². The molecule has 0 spiro atoms. The Bertz CT molecular complexity index is 1070. The van der Waals surface area contributed by atoms with E-state index in [4.69, 9.17) is 0 Å². The van der Waals surface area contributed by atoms with Gasteiger partial charge in [-0.25, -0.2) is 9.07 Å². The summed E-state index contributed by atoms with van der Waals surface area (Å²) < 4.78 is 14.8. The summed E-state index contributed by atoms with van der Waals surface area (Å²) in [7, 11) is 0. The molecule has 2 aromatic carbocycles. The molecule has 6 nitrogen and oxygen atoms in total. The standard InChI is InChI=1S/C22H21FN4O2/c1-14-5-2-3-7-18(14)27-19-8-4-6-17(19)21(26-27)22(29)25-24-20(28)13-15-9-11-16(23)12-10-15/h2-3,5,7,9-12H,4,6,8,13H2,1H3,(H,24,28)(H,25,29). The number of benzene rings is 2. The molecule has 0 saturated carbocycles. The number of aromatic nitrogens is 2. The molecular formula is C22H21FN4O2. The number of fused-ring (bicyclic) bond motifs is 1. The van der Waals surface area contributed by atoms with Gasteiger partial charge in [0.15, 0.2) is 5.69 Å². The maximum Gasteiger partial charge on any atom is 0.290 e. The number of hydrogen-bond acceptors (Lipinski definition) is 3. The molecule has 1 heterocycles. The average molecular weight is 392 g/mol. The first kappa shape index (κ1) is 18.9. The number of nitrogens with zero attached hydrogens (tertiary/aromatic N) is 2. The molecule has 0 atom stereocenters. The molecule has 1 aromatic heterocycles. The van der Waals surface area contributed by atoms with E-state index in [-0.39, 0.29) is 18.1 Å². The molecule has 0 fully saturated rings. The lowest BCUT2D eigenvalue weighted by Crippen LogP contribution is -2.42. The number of hydrazine groups is 1. The third-order valence-electron chi connectivity index (χ3n) is 5.08. The zero-order valence-corrected chi connectivity index (χ0v) is 16.0. The third-order valence-corrected chi connectivity index (χ3v) is 5.08. The van der Waals surface area contributed by atoms with Gasteiger partial charge in [0.1, 0.15) is 5.82 Å². The van der Waals surface area contributed by atoms with Crippen molar-refractivity contribution in [3.8, 4) is 5.69 Å². The third kappa shape index (κ3) is 3.89. The Hall–Kier alpha value is -3.48. The lowest BCUT2D eigenvalue weighted by Gasteiger charge is -2.09. The highest BCUT2D eigenvalue weighted by Gasteiger charge is 2.27. The maximum absolute atomic E-state index is 13.0. The second-order valence-corrected chi connectivity index (χ2v) is 7.13. The Morgan fingerprint density at radius 3 is 2.59 bits per heavy atom. The monoisotopic (exact) mass is 392 g/mol. The van der Waals surface area contributed by atoms with Crippen molar-refractivity contribution in [2.75, 3.05) is 0 Å². The van der Waals surface area contributed by atoms with Gasteiger partial charge < -0.3 is 0 Å². The summed E-state index contributed by atoms with van der Waals surface area (Å²) >= 11 is 0. The Morgan fingerprint density at radius 1 is 1.07 bits per heavy atom. The normalized spacial score (nSPS) is 12.5. The van der Waals surface area contributed by atoms with Crippen molar-refractivity contribution in [1.29, 1.82) is 0 Å². The SMILES string of the molecule is Cc1ccccc1-n1nc(C(=O)NNC(=O)Cc2ccc(F)cc2)c2c1CCC2. The fourth-order valence-electron chi connectivity index (χ4n) is 3.64. The zero-order valence-electron chi connectivity index (χ0n) is 16.0. The molecule has 0 unspecified atom stereocenters. The molecule has 0 radical (unpaired) electrons. The average Bonchev–Trinajstić information content (AvgIpc) is 3.31. The van der Waals surface area contributed by atoms with Crippen LogP contribution in [0.15, 0.2) is 48.5 Å². The van der Waals surface area contributed by atoms with Crippen LogP contribution in [0.2, 0.25) is 0 Å². The maximum atomic E-state index is 13.0. The lowest BCUT2D eigenvalue weighted by atomic mass is 10.1.